The van der Waals surface area contributed by atoms with Crippen molar-refractivity contribution in [2.45, 2.75) is 97.4 Å². The number of unbranched alkanes of at least 4 members (excludes halogenated alkanes) is 7. The molecule has 0 aliphatic heterocycles. The van der Waals surface area contributed by atoms with Crippen LogP contribution in [-0.4, -0.2) is 56.1 Å². The molecule has 4 N–H and O–H groups in total. The Morgan fingerprint density at radius 3 is 1.65 bits per heavy atom. The molecule has 0 aliphatic rings. The molecule has 3 amide bonds. The van der Waals surface area contributed by atoms with Crippen molar-refractivity contribution in [3.63, 3.8) is 0 Å². The Morgan fingerprint density at radius 1 is 0.674 bits per heavy atom. The summed E-state index contributed by atoms with van der Waals surface area (Å²) >= 11 is 0. The quantitative estimate of drug-likeness (QED) is 0.0874. The molecule has 46 heavy (non-hydrogen) atoms. The third-order valence-corrected chi connectivity index (χ3v) is 7.78. The normalized spacial score (nSPS) is 13.0. The number of hydrogen-bond donors (Lipinski definition) is 4. The van der Waals surface area contributed by atoms with Gasteiger partial charge >= 0.3 is 12.2 Å². The number of alkyl carbamates (subject to hydrolysis) is 2. The summed E-state index contributed by atoms with van der Waals surface area (Å²) in [6.07, 6.45) is 8.34. The van der Waals surface area contributed by atoms with Crippen molar-refractivity contribution >= 4 is 24.4 Å². The number of imide groups is 1. The topological polar surface area (TPSA) is 135 Å². The number of aldehydes is 1. The van der Waals surface area contributed by atoms with Crippen LogP contribution in [0.1, 0.15) is 83.3 Å². The van der Waals surface area contributed by atoms with E-state index in [-0.39, 0.29) is 31.7 Å². The largest absolute Gasteiger partial charge is 0.445 e. The Hall–Kier alpha value is -3.76. The number of carbonyl (C=O) groups excluding carboxylic acids is 4. The zero-order chi connectivity index (χ0) is 33.4. The predicted octanol–water partition coefficient (Wildman–Crippen LogP) is 5.89. The van der Waals surface area contributed by atoms with Gasteiger partial charge in [-0.1, -0.05) is 120 Å². The highest BCUT2D eigenvalue weighted by molar-refractivity contribution is 5.95. The highest BCUT2D eigenvalue weighted by Gasteiger charge is 2.27. The average Bonchev–Trinajstić information content (AvgIpc) is 3.06. The average molecular weight is 639 g/mol. The first kappa shape index (κ1) is 38.4. The fourth-order valence-corrected chi connectivity index (χ4v) is 4.90. The first-order valence-electron chi connectivity index (χ1n) is 16.7. The van der Waals surface area contributed by atoms with Crippen molar-refractivity contribution in [1.82, 2.24) is 21.3 Å². The fourth-order valence-electron chi connectivity index (χ4n) is 4.90. The molecule has 0 fully saturated rings. The van der Waals surface area contributed by atoms with Crippen LogP contribution in [0, 0.1) is 11.8 Å². The van der Waals surface area contributed by atoms with Gasteiger partial charge in [0.15, 0.2) is 0 Å². The zero-order valence-electron chi connectivity index (χ0n) is 27.8. The van der Waals surface area contributed by atoms with E-state index >= 15 is 0 Å². The molecule has 10 nitrogen and oxygen atoms in total. The van der Waals surface area contributed by atoms with Crippen LogP contribution in [0.15, 0.2) is 60.7 Å². The van der Waals surface area contributed by atoms with Crippen molar-refractivity contribution in [2.75, 3.05) is 19.6 Å². The SMILES string of the molecule is CC(CNC(=O)OCc1ccccc1)[C@H](NCCCCCCCCCCN[C@H](C=O)C(C)C)C(=O)NC(=O)OCc1ccccc1. The lowest BCUT2D eigenvalue weighted by Gasteiger charge is -2.24. The molecule has 254 valence electrons. The zero-order valence-corrected chi connectivity index (χ0v) is 27.8. The van der Waals surface area contributed by atoms with Crippen molar-refractivity contribution in [2.24, 2.45) is 11.8 Å². The summed E-state index contributed by atoms with van der Waals surface area (Å²) < 4.78 is 10.5. The van der Waals surface area contributed by atoms with Gasteiger partial charge in [-0.15, -0.1) is 0 Å². The number of hydrogen-bond acceptors (Lipinski definition) is 8. The first-order chi connectivity index (χ1) is 22.3. The number of ether oxygens (including phenoxy) is 2. The van der Waals surface area contributed by atoms with Crippen LogP contribution in [0.2, 0.25) is 0 Å². The first-order valence-corrected chi connectivity index (χ1v) is 16.7. The second-order valence-corrected chi connectivity index (χ2v) is 12.1. The second kappa shape index (κ2) is 23.6. The maximum atomic E-state index is 13.1. The van der Waals surface area contributed by atoms with Crippen LogP contribution in [0.3, 0.4) is 0 Å². The summed E-state index contributed by atoms with van der Waals surface area (Å²) in [7, 11) is 0. The minimum atomic E-state index is -0.817. The van der Waals surface area contributed by atoms with Crippen LogP contribution in [0.5, 0.6) is 0 Å². The molecule has 0 heterocycles. The predicted molar refractivity (Wildman–Crippen MR) is 180 cm³/mol. The maximum absolute atomic E-state index is 13.1. The monoisotopic (exact) mass is 638 g/mol. The third kappa shape index (κ3) is 17.1. The summed E-state index contributed by atoms with van der Waals surface area (Å²) in [5.41, 5.74) is 1.69. The molecular weight excluding hydrogens is 584 g/mol. The number of rotatable bonds is 23. The summed E-state index contributed by atoms with van der Waals surface area (Å²) in [6.45, 7) is 7.78. The van der Waals surface area contributed by atoms with Crippen LogP contribution in [-0.2, 0) is 32.3 Å². The molecular formula is C36H54N4O6. The molecule has 10 heteroatoms. The molecule has 0 saturated heterocycles. The van der Waals surface area contributed by atoms with Gasteiger partial charge in [0, 0.05) is 6.54 Å². The van der Waals surface area contributed by atoms with E-state index < -0.39 is 24.1 Å². The van der Waals surface area contributed by atoms with Crippen LogP contribution in [0.25, 0.3) is 0 Å². The highest BCUT2D eigenvalue weighted by Crippen LogP contribution is 2.10. The molecule has 2 rings (SSSR count). The van der Waals surface area contributed by atoms with Crippen molar-refractivity contribution in [3.8, 4) is 0 Å². The number of benzene rings is 2. The molecule has 1 unspecified atom stereocenters. The minimum absolute atomic E-state index is 0.0536. The van der Waals surface area contributed by atoms with Crippen molar-refractivity contribution < 1.29 is 28.7 Å². The fraction of sp³-hybridized carbons (Fsp3) is 0.556. The van der Waals surface area contributed by atoms with E-state index in [0.717, 1.165) is 62.5 Å². The number of carbonyl (C=O) groups is 4. The van der Waals surface area contributed by atoms with E-state index in [1.807, 2.05) is 81.4 Å². The summed E-state index contributed by atoms with van der Waals surface area (Å²) in [4.78, 5) is 48.9. The van der Waals surface area contributed by atoms with Crippen LogP contribution < -0.4 is 21.3 Å². The molecule has 3 atom stereocenters. The van der Waals surface area contributed by atoms with E-state index in [1.54, 1.807) is 0 Å². The van der Waals surface area contributed by atoms with Crippen LogP contribution >= 0.6 is 0 Å². The molecule has 2 aromatic carbocycles. The Morgan fingerprint density at radius 2 is 1.15 bits per heavy atom. The van der Waals surface area contributed by atoms with Gasteiger partial charge in [-0.3, -0.25) is 10.1 Å². The number of amides is 3. The molecule has 0 aromatic heterocycles. The van der Waals surface area contributed by atoms with Gasteiger partial charge in [0.2, 0.25) is 5.91 Å². The van der Waals surface area contributed by atoms with Gasteiger partial charge in [0.25, 0.3) is 0 Å². The minimum Gasteiger partial charge on any atom is -0.445 e. The summed E-state index contributed by atoms with van der Waals surface area (Å²) in [6, 6.07) is 17.8. The van der Waals surface area contributed by atoms with E-state index in [0.29, 0.717) is 12.5 Å². The maximum Gasteiger partial charge on any atom is 0.414 e. The molecule has 0 bridgehead atoms. The van der Waals surface area contributed by atoms with Gasteiger partial charge in [-0.2, -0.15) is 0 Å². The Balaban J connectivity index is 1.72. The van der Waals surface area contributed by atoms with Crippen LogP contribution in [0.4, 0.5) is 9.59 Å². The molecule has 0 aliphatic carbocycles. The van der Waals surface area contributed by atoms with Gasteiger partial charge in [0.1, 0.15) is 19.5 Å². The third-order valence-electron chi connectivity index (χ3n) is 7.78. The molecule has 2 aromatic rings. The Labute approximate surface area is 274 Å². The van der Waals surface area contributed by atoms with E-state index in [1.165, 1.54) is 12.8 Å². The van der Waals surface area contributed by atoms with E-state index in [2.05, 4.69) is 21.3 Å². The van der Waals surface area contributed by atoms with Gasteiger partial charge < -0.3 is 30.2 Å². The van der Waals surface area contributed by atoms with Crippen molar-refractivity contribution in [1.29, 1.82) is 0 Å². The Bertz CT molecular complexity index is 1130. The van der Waals surface area contributed by atoms with E-state index in [4.69, 9.17) is 9.47 Å². The van der Waals surface area contributed by atoms with Gasteiger partial charge in [-0.05, 0) is 48.9 Å². The smallest absolute Gasteiger partial charge is 0.414 e. The lowest BCUT2D eigenvalue weighted by atomic mass is 10.0. The summed E-state index contributed by atoms with van der Waals surface area (Å²) in [5, 5.41) is 11.7. The highest BCUT2D eigenvalue weighted by atomic mass is 16.6. The standard InChI is InChI=1S/C36H54N4O6/c1-28(2)32(25-41)37-22-16-8-6-4-5-7-9-17-23-38-33(34(42)40-36(44)46-27-31-20-14-11-15-21-31)29(3)24-39-35(43)45-26-30-18-12-10-13-19-30/h10-15,18-21,25,28-29,32-33,37-38H,4-9,16-17,22-24,26-27H2,1-3H3,(H,39,43)(H,40,42,44)/t29?,32-,33+/m1/s1. The molecule has 0 radical (unpaired) electrons. The lowest BCUT2D eigenvalue weighted by Crippen LogP contribution is -2.52. The lowest BCUT2D eigenvalue weighted by molar-refractivity contribution is -0.123. The number of nitrogens with one attached hydrogen (secondary N) is 4. The molecule has 0 spiro atoms. The van der Waals surface area contributed by atoms with Gasteiger partial charge in [0.05, 0.1) is 12.1 Å². The summed E-state index contributed by atoms with van der Waals surface area (Å²) in [5.74, 6) is -0.526. The Kier molecular flexibility index (Phi) is 19.7. The van der Waals surface area contributed by atoms with Crippen molar-refractivity contribution in [3.05, 3.63) is 71.8 Å². The van der Waals surface area contributed by atoms with E-state index in [9.17, 15) is 19.2 Å². The molecule has 0 saturated carbocycles. The van der Waals surface area contributed by atoms with Gasteiger partial charge in [-0.25, -0.2) is 9.59 Å². The second-order valence-electron chi connectivity index (χ2n) is 12.1.